The van der Waals surface area contributed by atoms with E-state index >= 15 is 0 Å². The van der Waals surface area contributed by atoms with Crippen LogP contribution in [-0.2, 0) is 6.54 Å². The molecule has 0 unspecified atom stereocenters. The molecule has 0 radical (unpaired) electrons. The number of pyridine rings is 1. The Hall–Kier alpha value is -1.99. The zero-order chi connectivity index (χ0) is 15.2. The normalized spacial score (nSPS) is 10.4. The van der Waals surface area contributed by atoms with Crippen molar-refractivity contribution in [2.75, 3.05) is 6.54 Å². The summed E-state index contributed by atoms with van der Waals surface area (Å²) in [6, 6.07) is 8.32. The van der Waals surface area contributed by atoms with Gasteiger partial charge in [-0.3, -0.25) is 10.1 Å². The van der Waals surface area contributed by atoms with Gasteiger partial charge in [-0.25, -0.2) is 4.98 Å². The standard InChI is InChI=1S/C14H14BrN3O3/c1-2-16-9-10-4-3-7-17-14(10)21-13-6-5-11(15)8-12(13)18(19)20/h3-8,16H,2,9H2,1H3. The molecule has 0 aliphatic rings. The maximum atomic E-state index is 11.1. The fraction of sp³-hybridized carbons (Fsp3) is 0.214. The molecule has 0 aliphatic heterocycles. The number of ether oxygens (including phenoxy) is 1. The molecule has 1 aromatic heterocycles. The van der Waals surface area contributed by atoms with Crippen LogP contribution in [0.1, 0.15) is 12.5 Å². The Bertz CT molecular complexity index is 649. The number of rotatable bonds is 6. The molecule has 7 heteroatoms. The van der Waals surface area contributed by atoms with Gasteiger partial charge in [-0.2, -0.15) is 0 Å². The second kappa shape index (κ2) is 7.14. The summed E-state index contributed by atoms with van der Waals surface area (Å²) < 4.78 is 6.26. The van der Waals surface area contributed by atoms with Crippen LogP contribution < -0.4 is 10.1 Å². The molecule has 110 valence electrons. The molecule has 0 aliphatic carbocycles. The molecule has 2 aromatic rings. The maximum Gasteiger partial charge on any atom is 0.312 e. The van der Waals surface area contributed by atoms with E-state index in [-0.39, 0.29) is 11.4 Å². The van der Waals surface area contributed by atoms with Crippen molar-refractivity contribution < 1.29 is 9.66 Å². The average molecular weight is 352 g/mol. The Morgan fingerprint density at radius 1 is 1.43 bits per heavy atom. The first-order valence-corrected chi connectivity index (χ1v) is 7.17. The van der Waals surface area contributed by atoms with Gasteiger partial charge in [0.05, 0.1) is 4.92 Å². The zero-order valence-electron chi connectivity index (χ0n) is 11.4. The summed E-state index contributed by atoms with van der Waals surface area (Å²) in [7, 11) is 0. The van der Waals surface area contributed by atoms with Gasteiger partial charge in [-0.05, 0) is 24.7 Å². The van der Waals surface area contributed by atoms with Crippen molar-refractivity contribution >= 4 is 21.6 Å². The van der Waals surface area contributed by atoms with E-state index in [0.717, 1.165) is 12.1 Å². The molecule has 0 amide bonds. The molecule has 0 atom stereocenters. The number of halogens is 1. The van der Waals surface area contributed by atoms with E-state index < -0.39 is 4.92 Å². The quantitative estimate of drug-likeness (QED) is 0.634. The number of hydrogen-bond donors (Lipinski definition) is 1. The minimum Gasteiger partial charge on any atom is -0.431 e. The van der Waals surface area contributed by atoms with Crippen molar-refractivity contribution in [3.05, 3.63) is 56.7 Å². The summed E-state index contributed by atoms with van der Waals surface area (Å²) in [4.78, 5) is 14.8. The van der Waals surface area contributed by atoms with E-state index in [4.69, 9.17) is 4.74 Å². The summed E-state index contributed by atoms with van der Waals surface area (Å²) in [5, 5.41) is 14.3. The monoisotopic (exact) mass is 351 g/mol. The molecule has 2 rings (SSSR count). The van der Waals surface area contributed by atoms with Crippen molar-refractivity contribution in [3.8, 4) is 11.6 Å². The van der Waals surface area contributed by atoms with Gasteiger partial charge in [0.15, 0.2) is 0 Å². The summed E-state index contributed by atoms with van der Waals surface area (Å²) in [6.45, 7) is 3.40. The summed E-state index contributed by atoms with van der Waals surface area (Å²) in [5.41, 5.74) is 0.737. The molecule has 0 saturated carbocycles. The first kappa shape index (κ1) is 15.4. The molecule has 0 spiro atoms. The first-order chi connectivity index (χ1) is 10.1. The highest BCUT2D eigenvalue weighted by atomic mass is 79.9. The second-order valence-electron chi connectivity index (χ2n) is 4.22. The molecule has 0 fully saturated rings. The highest BCUT2D eigenvalue weighted by Crippen LogP contribution is 2.33. The van der Waals surface area contributed by atoms with Gasteiger partial charge in [0.2, 0.25) is 11.6 Å². The molecule has 0 bridgehead atoms. The molecule has 0 saturated heterocycles. The maximum absolute atomic E-state index is 11.1. The predicted molar refractivity (Wildman–Crippen MR) is 82.5 cm³/mol. The van der Waals surface area contributed by atoms with Crippen LogP contribution in [0.3, 0.4) is 0 Å². The summed E-state index contributed by atoms with van der Waals surface area (Å²) in [5.74, 6) is 0.531. The highest BCUT2D eigenvalue weighted by molar-refractivity contribution is 9.10. The van der Waals surface area contributed by atoms with E-state index in [1.165, 1.54) is 6.07 Å². The molecule has 21 heavy (non-hydrogen) atoms. The van der Waals surface area contributed by atoms with Gasteiger partial charge in [-0.15, -0.1) is 0 Å². The number of aromatic nitrogens is 1. The lowest BCUT2D eigenvalue weighted by molar-refractivity contribution is -0.385. The molecule has 6 nitrogen and oxygen atoms in total. The SMILES string of the molecule is CCNCc1cccnc1Oc1ccc(Br)cc1[N+](=O)[O-]. The lowest BCUT2D eigenvalue weighted by Gasteiger charge is -2.10. The van der Waals surface area contributed by atoms with Gasteiger partial charge < -0.3 is 10.1 Å². The number of nitro benzene ring substituents is 1. The van der Waals surface area contributed by atoms with Crippen LogP contribution in [0.2, 0.25) is 0 Å². The third-order valence-corrected chi connectivity index (χ3v) is 3.23. The van der Waals surface area contributed by atoms with Crippen LogP contribution in [0.4, 0.5) is 5.69 Å². The molecular weight excluding hydrogens is 338 g/mol. The highest BCUT2D eigenvalue weighted by Gasteiger charge is 2.18. The van der Waals surface area contributed by atoms with Crippen molar-refractivity contribution in [3.63, 3.8) is 0 Å². The molecular formula is C14H14BrN3O3. The van der Waals surface area contributed by atoms with Gasteiger partial charge in [0, 0.05) is 28.8 Å². The summed E-state index contributed by atoms with van der Waals surface area (Å²) in [6.07, 6.45) is 1.59. The van der Waals surface area contributed by atoms with Crippen molar-refractivity contribution in [1.82, 2.24) is 10.3 Å². The van der Waals surface area contributed by atoms with Crippen molar-refractivity contribution in [1.29, 1.82) is 0 Å². The number of nitro groups is 1. The summed E-state index contributed by atoms with van der Waals surface area (Å²) >= 11 is 3.21. The number of hydrogen-bond acceptors (Lipinski definition) is 5. The molecule has 1 heterocycles. The number of nitrogens with one attached hydrogen (secondary N) is 1. The van der Waals surface area contributed by atoms with E-state index in [0.29, 0.717) is 16.9 Å². The van der Waals surface area contributed by atoms with E-state index in [1.807, 2.05) is 13.0 Å². The smallest absolute Gasteiger partial charge is 0.312 e. The fourth-order valence-corrected chi connectivity index (χ4v) is 2.08. The van der Waals surface area contributed by atoms with Crippen LogP contribution in [0.5, 0.6) is 11.6 Å². The van der Waals surface area contributed by atoms with E-state index in [9.17, 15) is 10.1 Å². The minimum absolute atomic E-state index is 0.107. The minimum atomic E-state index is -0.479. The van der Waals surface area contributed by atoms with Crippen molar-refractivity contribution in [2.45, 2.75) is 13.5 Å². The zero-order valence-corrected chi connectivity index (χ0v) is 13.0. The Kier molecular flexibility index (Phi) is 5.24. The lowest BCUT2D eigenvalue weighted by atomic mass is 10.2. The van der Waals surface area contributed by atoms with Crippen LogP contribution in [0.25, 0.3) is 0 Å². The van der Waals surface area contributed by atoms with E-state index in [2.05, 4.69) is 26.2 Å². The van der Waals surface area contributed by atoms with Crippen LogP contribution in [0, 0.1) is 10.1 Å². The first-order valence-electron chi connectivity index (χ1n) is 6.38. The third kappa shape index (κ3) is 3.99. The van der Waals surface area contributed by atoms with Crippen LogP contribution in [0.15, 0.2) is 41.0 Å². The second-order valence-corrected chi connectivity index (χ2v) is 5.13. The topological polar surface area (TPSA) is 77.3 Å². The van der Waals surface area contributed by atoms with Crippen molar-refractivity contribution in [2.24, 2.45) is 0 Å². The largest absolute Gasteiger partial charge is 0.431 e. The van der Waals surface area contributed by atoms with Crippen LogP contribution in [-0.4, -0.2) is 16.5 Å². The van der Waals surface area contributed by atoms with E-state index in [1.54, 1.807) is 24.4 Å². The number of nitrogens with zero attached hydrogens (tertiary/aromatic N) is 2. The third-order valence-electron chi connectivity index (χ3n) is 2.74. The Labute approximate surface area is 130 Å². The van der Waals surface area contributed by atoms with Crippen LogP contribution >= 0.6 is 15.9 Å². The Balaban J connectivity index is 2.32. The number of benzene rings is 1. The predicted octanol–water partition coefficient (Wildman–Crippen LogP) is 3.65. The molecule has 1 N–H and O–H groups in total. The van der Waals surface area contributed by atoms with Gasteiger partial charge in [0.25, 0.3) is 0 Å². The Morgan fingerprint density at radius 3 is 2.95 bits per heavy atom. The van der Waals surface area contributed by atoms with Gasteiger partial charge in [0.1, 0.15) is 0 Å². The average Bonchev–Trinajstić information content (AvgIpc) is 2.48. The van der Waals surface area contributed by atoms with Gasteiger partial charge in [-0.1, -0.05) is 28.9 Å². The molecule has 1 aromatic carbocycles. The fourth-order valence-electron chi connectivity index (χ4n) is 1.73. The lowest BCUT2D eigenvalue weighted by Crippen LogP contribution is -2.12. The Morgan fingerprint density at radius 2 is 2.24 bits per heavy atom. The van der Waals surface area contributed by atoms with Gasteiger partial charge >= 0.3 is 5.69 Å².